The van der Waals surface area contributed by atoms with Crippen molar-refractivity contribution in [1.29, 1.82) is 0 Å². The zero-order valence-electron chi connectivity index (χ0n) is 12.8. The number of aromatic nitrogens is 2. The lowest BCUT2D eigenvalue weighted by Crippen LogP contribution is -2.05. The van der Waals surface area contributed by atoms with Crippen molar-refractivity contribution in [2.75, 3.05) is 5.32 Å². The quantitative estimate of drug-likeness (QED) is 0.733. The van der Waals surface area contributed by atoms with Crippen LogP contribution in [0.3, 0.4) is 0 Å². The summed E-state index contributed by atoms with van der Waals surface area (Å²) in [6.45, 7) is 0.264. The summed E-state index contributed by atoms with van der Waals surface area (Å²) in [4.78, 5) is 12.2. The van der Waals surface area contributed by atoms with Gasteiger partial charge in [0.25, 0.3) is 0 Å². The molecule has 0 unspecified atom stereocenters. The first kappa shape index (κ1) is 14.8. The summed E-state index contributed by atoms with van der Waals surface area (Å²) in [5.41, 5.74) is 3.15. The van der Waals surface area contributed by atoms with E-state index in [1.807, 2.05) is 55.7 Å². The standard InChI is InChI=1S/C18H17N3O2/c1-21-12-17(11-19-21)20-16-9-5-8-15(10-16)18(22)23-13-14-6-3-2-4-7-14/h2-12,20H,13H2,1H3. The normalized spacial score (nSPS) is 10.3. The summed E-state index contributed by atoms with van der Waals surface area (Å²) in [5, 5.41) is 7.30. The van der Waals surface area contributed by atoms with E-state index in [0.29, 0.717) is 5.56 Å². The minimum Gasteiger partial charge on any atom is -0.457 e. The molecule has 0 saturated carbocycles. The van der Waals surface area contributed by atoms with Gasteiger partial charge < -0.3 is 10.1 Å². The fourth-order valence-electron chi connectivity index (χ4n) is 2.18. The lowest BCUT2D eigenvalue weighted by atomic mass is 10.2. The second kappa shape index (κ2) is 6.79. The van der Waals surface area contributed by atoms with Crippen molar-refractivity contribution in [3.05, 3.63) is 78.1 Å². The van der Waals surface area contributed by atoms with Crippen LogP contribution in [-0.4, -0.2) is 15.7 Å². The molecule has 0 aliphatic rings. The maximum absolute atomic E-state index is 12.2. The topological polar surface area (TPSA) is 56.2 Å². The van der Waals surface area contributed by atoms with E-state index in [1.165, 1.54) is 0 Å². The Labute approximate surface area is 134 Å². The number of ether oxygens (including phenoxy) is 1. The first-order valence-corrected chi connectivity index (χ1v) is 7.27. The predicted molar refractivity (Wildman–Crippen MR) is 88.5 cm³/mol. The molecule has 0 aliphatic heterocycles. The van der Waals surface area contributed by atoms with Gasteiger partial charge in [0, 0.05) is 18.9 Å². The number of hydrogen-bond acceptors (Lipinski definition) is 4. The molecular weight excluding hydrogens is 290 g/mol. The number of nitrogens with zero attached hydrogens (tertiary/aromatic N) is 2. The lowest BCUT2D eigenvalue weighted by molar-refractivity contribution is 0.0473. The summed E-state index contributed by atoms with van der Waals surface area (Å²) in [7, 11) is 1.85. The lowest BCUT2D eigenvalue weighted by Gasteiger charge is -2.07. The van der Waals surface area contributed by atoms with Crippen LogP contribution in [0.2, 0.25) is 0 Å². The highest BCUT2D eigenvalue weighted by Gasteiger charge is 2.08. The van der Waals surface area contributed by atoms with E-state index in [2.05, 4.69) is 10.4 Å². The average molecular weight is 307 g/mol. The zero-order chi connectivity index (χ0) is 16.1. The molecule has 0 saturated heterocycles. The number of anilines is 2. The van der Waals surface area contributed by atoms with E-state index in [1.54, 1.807) is 23.0 Å². The summed E-state index contributed by atoms with van der Waals surface area (Å²) < 4.78 is 7.05. The third-order valence-corrected chi connectivity index (χ3v) is 3.30. The van der Waals surface area contributed by atoms with E-state index in [0.717, 1.165) is 16.9 Å². The van der Waals surface area contributed by atoms with Crippen molar-refractivity contribution in [3.63, 3.8) is 0 Å². The van der Waals surface area contributed by atoms with Crippen molar-refractivity contribution in [3.8, 4) is 0 Å². The molecule has 116 valence electrons. The van der Waals surface area contributed by atoms with Crippen LogP contribution in [0.4, 0.5) is 11.4 Å². The Morgan fingerprint density at radius 3 is 2.70 bits per heavy atom. The Morgan fingerprint density at radius 1 is 1.13 bits per heavy atom. The SMILES string of the molecule is Cn1cc(Nc2cccc(C(=O)OCc3ccccc3)c2)cn1. The average Bonchev–Trinajstić information content (AvgIpc) is 2.99. The summed E-state index contributed by atoms with van der Waals surface area (Å²) in [6.07, 6.45) is 3.58. The summed E-state index contributed by atoms with van der Waals surface area (Å²) in [5.74, 6) is -0.344. The molecule has 23 heavy (non-hydrogen) atoms. The van der Waals surface area contributed by atoms with Crippen LogP contribution in [0, 0.1) is 0 Å². The number of hydrogen-bond donors (Lipinski definition) is 1. The van der Waals surface area contributed by atoms with Crippen LogP contribution in [0.1, 0.15) is 15.9 Å². The molecule has 0 atom stereocenters. The number of nitrogens with one attached hydrogen (secondary N) is 1. The molecule has 3 rings (SSSR count). The van der Waals surface area contributed by atoms with Crippen LogP contribution < -0.4 is 5.32 Å². The molecule has 0 radical (unpaired) electrons. The smallest absolute Gasteiger partial charge is 0.338 e. The van der Waals surface area contributed by atoms with Gasteiger partial charge in [-0.1, -0.05) is 36.4 Å². The minimum absolute atomic E-state index is 0.264. The zero-order valence-corrected chi connectivity index (χ0v) is 12.8. The van der Waals surface area contributed by atoms with Crippen molar-refractivity contribution < 1.29 is 9.53 Å². The molecule has 0 amide bonds. The van der Waals surface area contributed by atoms with E-state index in [4.69, 9.17) is 4.74 Å². The molecule has 0 spiro atoms. The number of carbonyl (C=O) groups excluding carboxylic acids is 1. The van der Waals surface area contributed by atoms with Gasteiger partial charge in [0.1, 0.15) is 6.61 Å². The molecule has 0 bridgehead atoms. The molecule has 1 aromatic heterocycles. The van der Waals surface area contributed by atoms with Gasteiger partial charge in [0.05, 0.1) is 17.4 Å². The first-order valence-electron chi connectivity index (χ1n) is 7.27. The van der Waals surface area contributed by atoms with Crippen molar-refractivity contribution >= 4 is 17.3 Å². The Kier molecular flexibility index (Phi) is 4.38. The Balaban J connectivity index is 1.65. The fraction of sp³-hybridized carbons (Fsp3) is 0.111. The fourth-order valence-corrected chi connectivity index (χ4v) is 2.18. The number of rotatable bonds is 5. The molecule has 3 aromatic rings. The van der Waals surface area contributed by atoms with Crippen LogP contribution in [0.25, 0.3) is 0 Å². The molecule has 0 aliphatic carbocycles. The van der Waals surface area contributed by atoms with Gasteiger partial charge >= 0.3 is 5.97 Å². The maximum atomic E-state index is 12.2. The van der Waals surface area contributed by atoms with Gasteiger partial charge in [-0.05, 0) is 23.8 Å². The number of benzene rings is 2. The van der Waals surface area contributed by atoms with Crippen LogP contribution in [-0.2, 0) is 18.4 Å². The second-order valence-corrected chi connectivity index (χ2v) is 5.17. The monoisotopic (exact) mass is 307 g/mol. The van der Waals surface area contributed by atoms with Crippen LogP contribution >= 0.6 is 0 Å². The molecule has 5 nitrogen and oxygen atoms in total. The highest BCUT2D eigenvalue weighted by molar-refractivity contribution is 5.90. The maximum Gasteiger partial charge on any atom is 0.338 e. The van der Waals surface area contributed by atoms with Gasteiger partial charge in [-0.25, -0.2) is 4.79 Å². The van der Waals surface area contributed by atoms with Crippen LogP contribution in [0.15, 0.2) is 67.0 Å². The molecular formula is C18H17N3O2. The molecule has 1 N–H and O–H groups in total. The van der Waals surface area contributed by atoms with Gasteiger partial charge in [0.15, 0.2) is 0 Å². The molecule has 5 heteroatoms. The third-order valence-electron chi connectivity index (χ3n) is 3.30. The highest BCUT2D eigenvalue weighted by atomic mass is 16.5. The molecule has 1 heterocycles. The van der Waals surface area contributed by atoms with E-state index >= 15 is 0 Å². The van der Waals surface area contributed by atoms with E-state index in [-0.39, 0.29) is 12.6 Å². The van der Waals surface area contributed by atoms with Crippen LogP contribution in [0.5, 0.6) is 0 Å². The third kappa shape index (κ3) is 3.97. The summed E-state index contributed by atoms with van der Waals surface area (Å²) >= 11 is 0. The molecule has 2 aromatic carbocycles. The number of carbonyl (C=O) groups is 1. The number of esters is 1. The van der Waals surface area contributed by atoms with Gasteiger partial charge in [0.2, 0.25) is 0 Å². The van der Waals surface area contributed by atoms with Crippen molar-refractivity contribution in [1.82, 2.24) is 9.78 Å². The van der Waals surface area contributed by atoms with Gasteiger partial charge in [-0.15, -0.1) is 0 Å². The Hall–Kier alpha value is -3.08. The van der Waals surface area contributed by atoms with Crippen molar-refractivity contribution in [2.24, 2.45) is 7.05 Å². The minimum atomic E-state index is -0.344. The predicted octanol–water partition coefficient (Wildman–Crippen LogP) is 3.52. The summed E-state index contributed by atoms with van der Waals surface area (Å²) in [6, 6.07) is 16.8. The van der Waals surface area contributed by atoms with E-state index < -0.39 is 0 Å². The van der Waals surface area contributed by atoms with Gasteiger partial charge in [-0.3, -0.25) is 4.68 Å². The Morgan fingerprint density at radius 2 is 1.96 bits per heavy atom. The largest absolute Gasteiger partial charge is 0.457 e. The van der Waals surface area contributed by atoms with Crippen molar-refractivity contribution in [2.45, 2.75) is 6.61 Å². The second-order valence-electron chi connectivity index (χ2n) is 5.17. The number of aryl methyl sites for hydroxylation is 1. The highest BCUT2D eigenvalue weighted by Crippen LogP contribution is 2.17. The Bertz CT molecular complexity index is 797. The van der Waals surface area contributed by atoms with E-state index in [9.17, 15) is 4.79 Å². The van der Waals surface area contributed by atoms with Gasteiger partial charge in [-0.2, -0.15) is 5.10 Å². The first-order chi connectivity index (χ1) is 11.2. The molecule has 0 fully saturated rings.